The lowest BCUT2D eigenvalue weighted by molar-refractivity contribution is 0.677. The van der Waals surface area contributed by atoms with Gasteiger partial charge in [0.2, 0.25) is 0 Å². The molecule has 25 heavy (non-hydrogen) atoms. The molecule has 0 amide bonds. The molecule has 1 aliphatic rings. The minimum absolute atomic E-state index is 0.461. The fraction of sp³-hybridized carbons (Fsp3) is 0.417. The molecule has 2 aromatic carbocycles. The van der Waals surface area contributed by atoms with Gasteiger partial charge in [0.1, 0.15) is 0 Å². The van der Waals surface area contributed by atoms with Crippen LogP contribution in [0.2, 0.25) is 0 Å². The fourth-order valence-corrected chi connectivity index (χ4v) is 4.14. The second-order valence-corrected chi connectivity index (χ2v) is 8.03. The minimum atomic E-state index is 0.461. The maximum Gasteiger partial charge on any atom is 0.0448 e. The summed E-state index contributed by atoms with van der Waals surface area (Å²) in [5.41, 5.74) is 8.66. The molecule has 0 saturated heterocycles. The van der Waals surface area contributed by atoms with E-state index in [0.29, 0.717) is 17.9 Å². The van der Waals surface area contributed by atoms with Crippen molar-refractivity contribution in [3.8, 4) is 0 Å². The maximum absolute atomic E-state index is 2.55. The lowest BCUT2D eigenvalue weighted by Crippen LogP contribution is -2.32. The van der Waals surface area contributed by atoms with Crippen LogP contribution in [-0.2, 0) is 6.54 Å². The van der Waals surface area contributed by atoms with E-state index in [1.807, 2.05) is 0 Å². The predicted octanol–water partition coefficient (Wildman–Crippen LogP) is 6.64. The number of hydrogen-bond acceptors (Lipinski definition) is 1. The van der Waals surface area contributed by atoms with Crippen molar-refractivity contribution in [2.75, 3.05) is 4.90 Å². The summed E-state index contributed by atoms with van der Waals surface area (Å²) in [6, 6.07) is 18.4. The SMILES string of the molecule is CC(C)/C1=C(\C(C)C)c2ccccc2N(C(C)C)Cc2ccccc21. The molecule has 0 N–H and O–H groups in total. The third kappa shape index (κ3) is 3.25. The Morgan fingerprint density at radius 2 is 1.20 bits per heavy atom. The first kappa shape index (κ1) is 17.8. The van der Waals surface area contributed by atoms with Crippen LogP contribution in [0, 0.1) is 11.8 Å². The van der Waals surface area contributed by atoms with E-state index < -0.39 is 0 Å². The zero-order valence-electron chi connectivity index (χ0n) is 16.5. The van der Waals surface area contributed by atoms with Crippen LogP contribution >= 0.6 is 0 Å². The molecule has 1 heterocycles. The average Bonchev–Trinajstić information content (AvgIpc) is 2.55. The van der Waals surface area contributed by atoms with Gasteiger partial charge in [0.25, 0.3) is 0 Å². The minimum Gasteiger partial charge on any atom is -0.364 e. The first-order valence-electron chi connectivity index (χ1n) is 9.60. The zero-order valence-corrected chi connectivity index (χ0v) is 16.5. The van der Waals surface area contributed by atoms with Crippen LogP contribution in [0.4, 0.5) is 5.69 Å². The molecule has 0 aliphatic carbocycles. The molecule has 0 unspecified atom stereocenters. The van der Waals surface area contributed by atoms with Crippen molar-refractivity contribution in [3.63, 3.8) is 0 Å². The second-order valence-electron chi connectivity index (χ2n) is 8.03. The predicted molar refractivity (Wildman–Crippen MR) is 111 cm³/mol. The summed E-state index contributed by atoms with van der Waals surface area (Å²) < 4.78 is 0. The van der Waals surface area contributed by atoms with E-state index in [1.165, 1.54) is 33.5 Å². The Bertz CT molecular complexity index is 780. The van der Waals surface area contributed by atoms with Gasteiger partial charge in [-0.25, -0.2) is 0 Å². The van der Waals surface area contributed by atoms with Gasteiger partial charge in [-0.3, -0.25) is 0 Å². The van der Waals surface area contributed by atoms with Crippen LogP contribution in [0.15, 0.2) is 48.5 Å². The molecule has 0 aromatic heterocycles. The first-order valence-corrected chi connectivity index (χ1v) is 9.60. The van der Waals surface area contributed by atoms with Crippen molar-refractivity contribution < 1.29 is 0 Å². The third-order valence-electron chi connectivity index (χ3n) is 5.22. The first-order chi connectivity index (χ1) is 11.9. The number of allylic oxidation sites excluding steroid dienone is 2. The standard InChI is InChI=1S/C24H31N/c1-16(2)23-20-12-8-7-11-19(20)15-25(18(5)6)22-14-10-9-13-21(22)24(23)17(3)4/h7-14,16-18H,15H2,1-6H3/b24-23-. The molecular weight excluding hydrogens is 302 g/mol. The number of para-hydroxylation sites is 1. The molecule has 2 aromatic rings. The molecule has 3 rings (SSSR count). The second kappa shape index (κ2) is 7.07. The number of hydrogen-bond donors (Lipinski definition) is 0. The molecule has 0 atom stereocenters. The summed E-state index contributed by atoms with van der Waals surface area (Å²) in [6.07, 6.45) is 0. The van der Waals surface area contributed by atoms with E-state index in [2.05, 4.69) is 95.0 Å². The largest absolute Gasteiger partial charge is 0.364 e. The average molecular weight is 334 g/mol. The highest BCUT2D eigenvalue weighted by Gasteiger charge is 2.27. The smallest absolute Gasteiger partial charge is 0.0448 e. The van der Waals surface area contributed by atoms with Crippen LogP contribution in [0.1, 0.15) is 58.2 Å². The molecule has 132 valence electrons. The van der Waals surface area contributed by atoms with Crippen molar-refractivity contribution in [2.45, 2.75) is 54.1 Å². The Kier molecular flexibility index (Phi) is 5.03. The molecule has 1 heteroatoms. The monoisotopic (exact) mass is 333 g/mol. The Morgan fingerprint density at radius 1 is 0.680 bits per heavy atom. The van der Waals surface area contributed by atoms with Gasteiger partial charge < -0.3 is 4.90 Å². The fourth-order valence-electron chi connectivity index (χ4n) is 4.14. The van der Waals surface area contributed by atoms with Gasteiger partial charge in [0, 0.05) is 23.8 Å². The summed E-state index contributed by atoms with van der Waals surface area (Å²) in [5.74, 6) is 0.982. The summed E-state index contributed by atoms with van der Waals surface area (Å²) in [6.45, 7) is 14.9. The zero-order chi connectivity index (χ0) is 18.1. The van der Waals surface area contributed by atoms with Crippen LogP contribution in [-0.4, -0.2) is 6.04 Å². The highest BCUT2D eigenvalue weighted by Crippen LogP contribution is 2.44. The van der Waals surface area contributed by atoms with Crippen molar-refractivity contribution in [1.82, 2.24) is 0 Å². The van der Waals surface area contributed by atoms with Crippen LogP contribution in [0.25, 0.3) is 11.1 Å². The van der Waals surface area contributed by atoms with Gasteiger partial charge in [0.15, 0.2) is 0 Å². The molecule has 0 saturated carbocycles. The van der Waals surface area contributed by atoms with Crippen molar-refractivity contribution >= 4 is 16.8 Å². The molecule has 1 nitrogen and oxygen atoms in total. The normalized spacial score (nSPS) is 17.6. The number of anilines is 1. The summed E-state index contributed by atoms with van der Waals surface area (Å²) in [4.78, 5) is 2.55. The van der Waals surface area contributed by atoms with Gasteiger partial charge in [-0.15, -0.1) is 0 Å². The van der Waals surface area contributed by atoms with Crippen LogP contribution in [0.3, 0.4) is 0 Å². The summed E-state index contributed by atoms with van der Waals surface area (Å²) in [5, 5.41) is 0. The van der Waals surface area contributed by atoms with Gasteiger partial charge in [-0.05, 0) is 54.0 Å². The van der Waals surface area contributed by atoms with Gasteiger partial charge in [-0.1, -0.05) is 70.2 Å². The quantitative estimate of drug-likeness (QED) is 0.608. The number of benzene rings is 2. The molecular formula is C24H31N. The summed E-state index contributed by atoms with van der Waals surface area (Å²) in [7, 11) is 0. The van der Waals surface area contributed by atoms with E-state index in [0.717, 1.165) is 6.54 Å². The highest BCUT2D eigenvalue weighted by molar-refractivity contribution is 5.97. The van der Waals surface area contributed by atoms with Gasteiger partial charge in [-0.2, -0.15) is 0 Å². The Morgan fingerprint density at radius 3 is 1.80 bits per heavy atom. The van der Waals surface area contributed by atoms with Crippen LogP contribution in [0.5, 0.6) is 0 Å². The topological polar surface area (TPSA) is 3.24 Å². The molecule has 1 aliphatic heterocycles. The van der Waals surface area contributed by atoms with E-state index in [-0.39, 0.29) is 0 Å². The number of nitrogens with zero attached hydrogens (tertiary/aromatic N) is 1. The highest BCUT2D eigenvalue weighted by atomic mass is 15.2. The van der Waals surface area contributed by atoms with E-state index >= 15 is 0 Å². The Hall–Kier alpha value is -2.02. The number of rotatable bonds is 3. The number of fused-ring (bicyclic) bond motifs is 2. The van der Waals surface area contributed by atoms with Gasteiger partial charge >= 0.3 is 0 Å². The molecule has 0 radical (unpaired) electrons. The Balaban J connectivity index is 2.42. The molecule has 0 bridgehead atoms. The third-order valence-corrected chi connectivity index (χ3v) is 5.22. The van der Waals surface area contributed by atoms with E-state index in [9.17, 15) is 0 Å². The lowest BCUT2D eigenvalue weighted by atomic mass is 9.79. The molecule has 0 spiro atoms. The van der Waals surface area contributed by atoms with E-state index in [4.69, 9.17) is 0 Å². The van der Waals surface area contributed by atoms with Crippen LogP contribution < -0.4 is 4.90 Å². The van der Waals surface area contributed by atoms with Crippen molar-refractivity contribution in [3.05, 3.63) is 65.2 Å². The van der Waals surface area contributed by atoms with Gasteiger partial charge in [0.05, 0.1) is 0 Å². The van der Waals surface area contributed by atoms with Crippen molar-refractivity contribution in [1.29, 1.82) is 0 Å². The lowest BCUT2D eigenvalue weighted by Gasteiger charge is -2.36. The van der Waals surface area contributed by atoms with Crippen molar-refractivity contribution in [2.24, 2.45) is 11.8 Å². The molecule has 0 fully saturated rings. The Labute approximate surface area is 153 Å². The maximum atomic E-state index is 2.55. The van der Waals surface area contributed by atoms with E-state index in [1.54, 1.807) is 0 Å². The summed E-state index contributed by atoms with van der Waals surface area (Å²) >= 11 is 0.